The molecule has 6 heteroatoms. The van der Waals surface area contributed by atoms with Crippen LogP contribution >= 0.6 is 0 Å². The van der Waals surface area contributed by atoms with Crippen LogP contribution in [0.25, 0.3) is 5.69 Å². The van der Waals surface area contributed by atoms with Crippen molar-refractivity contribution in [2.24, 2.45) is 0 Å². The van der Waals surface area contributed by atoms with Crippen molar-refractivity contribution in [3.05, 3.63) is 52.1 Å². The van der Waals surface area contributed by atoms with E-state index in [1.54, 1.807) is 23.0 Å². The molecule has 0 aliphatic heterocycles. The number of aryl methyl sites for hydroxylation is 1. The summed E-state index contributed by atoms with van der Waals surface area (Å²) >= 11 is 0. The molecule has 1 aromatic heterocycles. The van der Waals surface area contributed by atoms with Gasteiger partial charge in [0.05, 0.1) is 16.2 Å². The van der Waals surface area contributed by atoms with Crippen LogP contribution in [0, 0.1) is 10.1 Å². The Kier molecular flexibility index (Phi) is 3.93. The van der Waals surface area contributed by atoms with Gasteiger partial charge in [0.15, 0.2) is 5.78 Å². The number of nitrogens with zero attached hydrogens (tertiary/aromatic N) is 3. The summed E-state index contributed by atoms with van der Waals surface area (Å²) in [5, 5.41) is 11.1. The first kappa shape index (κ1) is 13.9. The Hall–Kier alpha value is -2.50. The molecule has 0 saturated heterocycles. The van der Waals surface area contributed by atoms with Crippen LogP contribution in [-0.4, -0.2) is 20.3 Å². The zero-order chi connectivity index (χ0) is 14.7. The molecule has 1 heterocycles. The number of aromatic nitrogens is 2. The average molecular weight is 273 g/mol. The van der Waals surface area contributed by atoms with Gasteiger partial charge in [0.2, 0.25) is 0 Å². The fourth-order valence-electron chi connectivity index (χ4n) is 2.10. The van der Waals surface area contributed by atoms with E-state index in [1.807, 2.05) is 6.92 Å². The van der Waals surface area contributed by atoms with Gasteiger partial charge in [-0.25, -0.2) is 4.98 Å². The van der Waals surface area contributed by atoms with E-state index < -0.39 is 4.92 Å². The van der Waals surface area contributed by atoms with Crippen LogP contribution in [0.4, 0.5) is 5.69 Å². The van der Waals surface area contributed by atoms with Gasteiger partial charge in [0.1, 0.15) is 5.82 Å². The van der Waals surface area contributed by atoms with Crippen molar-refractivity contribution in [2.75, 3.05) is 0 Å². The number of carbonyl (C=O) groups excluding carboxylic acids is 1. The summed E-state index contributed by atoms with van der Waals surface area (Å²) in [5.41, 5.74) is 0.588. The van der Waals surface area contributed by atoms with Gasteiger partial charge in [-0.05, 0) is 25.5 Å². The number of imidazole rings is 1. The maximum absolute atomic E-state index is 11.4. The lowest BCUT2D eigenvalue weighted by molar-refractivity contribution is -0.385. The lowest BCUT2D eigenvalue weighted by Gasteiger charge is -2.08. The van der Waals surface area contributed by atoms with Crippen LogP contribution in [0.1, 0.15) is 36.5 Å². The molecule has 104 valence electrons. The van der Waals surface area contributed by atoms with E-state index in [1.165, 1.54) is 19.1 Å². The number of carbonyl (C=O) groups is 1. The molecule has 2 rings (SSSR count). The third kappa shape index (κ3) is 2.59. The monoisotopic (exact) mass is 273 g/mol. The predicted molar refractivity (Wildman–Crippen MR) is 74.2 cm³/mol. The molecule has 6 nitrogen and oxygen atoms in total. The van der Waals surface area contributed by atoms with Crippen LogP contribution in [-0.2, 0) is 6.42 Å². The molecule has 0 aliphatic rings. The van der Waals surface area contributed by atoms with Crippen LogP contribution < -0.4 is 0 Å². The van der Waals surface area contributed by atoms with Gasteiger partial charge in [0, 0.05) is 24.9 Å². The van der Waals surface area contributed by atoms with Gasteiger partial charge in [0.25, 0.3) is 5.69 Å². The van der Waals surface area contributed by atoms with E-state index in [9.17, 15) is 14.9 Å². The molecular formula is C14H15N3O3. The largest absolute Gasteiger partial charge is 0.304 e. The van der Waals surface area contributed by atoms with Crippen molar-refractivity contribution < 1.29 is 9.72 Å². The van der Waals surface area contributed by atoms with E-state index in [2.05, 4.69) is 4.98 Å². The second-order valence-corrected chi connectivity index (χ2v) is 4.48. The van der Waals surface area contributed by atoms with E-state index in [0.29, 0.717) is 5.69 Å². The highest BCUT2D eigenvalue weighted by atomic mass is 16.6. The maximum atomic E-state index is 11.4. The van der Waals surface area contributed by atoms with Crippen molar-refractivity contribution in [3.63, 3.8) is 0 Å². The average Bonchev–Trinajstić information content (AvgIpc) is 2.86. The normalized spacial score (nSPS) is 10.5. The number of hydrogen-bond acceptors (Lipinski definition) is 4. The first-order chi connectivity index (χ1) is 9.54. The molecule has 0 saturated carbocycles. The summed E-state index contributed by atoms with van der Waals surface area (Å²) in [6, 6.07) is 4.60. The minimum atomic E-state index is -0.531. The first-order valence-corrected chi connectivity index (χ1v) is 6.36. The Bertz CT molecular complexity index is 661. The van der Waals surface area contributed by atoms with E-state index >= 15 is 0 Å². The van der Waals surface area contributed by atoms with Crippen molar-refractivity contribution in [3.8, 4) is 5.69 Å². The lowest BCUT2D eigenvalue weighted by atomic mass is 10.1. The Balaban J connectivity index is 2.53. The maximum Gasteiger partial charge on any atom is 0.282 e. The molecule has 0 aliphatic carbocycles. The van der Waals surface area contributed by atoms with Crippen molar-refractivity contribution >= 4 is 11.5 Å². The molecule has 1 aromatic carbocycles. The van der Waals surface area contributed by atoms with Crippen LogP contribution in [0.15, 0.2) is 30.6 Å². The minimum Gasteiger partial charge on any atom is -0.304 e. The fourth-order valence-corrected chi connectivity index (χ4v) is 2.10. The van der Waals surface area contributed by atoms with Gasteiger partial charge in [-0.15, -0.1) is 0 Å². The smallest absolute Gasteiger partial charge is 0.282 e. The third-order valence-electron chi connectivity index (χ3n) is 3.03. The number of rotatable bonds is 5. The van der Waals surface area contributed by atoms with Crippen molar-refractivity contribution in [2.45, 2.75) is 26.7 Å². The van der Waals surface area contributed by atoms with E-state index in [0.717, 1.165) is 18.7 Å². The number of benzene rings is 1. The number of hydrogen-bond donors (Lipinski definition) is 0. The summed E-state index contributed by atoms with van der Waals surface area (Å²) in [6.07, 6.45) is 5.15. The molecular weight excluding hydrogens is 258 g/mol. The van der Waals surface area contributed by atoms with Crippen LogP contribution in [0.5, 0.6) is 0 Å². The number of ketones is 1. The first-order valence-electron chi connectivity index (χ1n) is 6.36. The van der Waals surface area contributed by atoms with Gasteiger partial charge in [-0.3, -0.25) is 14.9 Å². The van der Waals surface area contributed by atoms with Crippen molar-refractivity contribution in [1.82, 2.24) is 9.55 Å². The summed E-state index contributed by atoms with van der Waals surface area (Å²) in [7, 11) is 0. The van der Waals surface area contributed by atoms with E-state index in [-0.39, 0.29) is 17.0 Å². The molecule has 20 heavy (non-hydrogen) atoms. The van der Waals surface area contributed by atoms with Gasteiger partial charge < -0.3 is 4.57 Å². The third-order valence-corrected chi connectivity index (χ3v) is 3.03. The number of nitro benzene ring substituents is 1. The van der Waals surface area contributed by atoms with Crippen LogP contribution in [0.2, 0.25) is 0 Å². The highest BCUT2D eigenvalue weighted by Crippen LogP contribution is 2.24. The number of nitro groups is 1. The zero-order valence-electron chi connectivity index (χ0n) is 11.4. The highest BCUT2D eigenvalue weighted by Gasteiger charge is 2.19. The van der Waals surface area contributed by atoms with Crippen LogP contribution in [0.3, 0.4) is 0 Å². The lowest BCUT2D eigenvalue weighted by Crippen LogP contribution is -2.04. The quantitative estimate of drug-likeness (QED) is 0.476. The summed E-state index contributed by atoms with van der Waals surface area (Å²) < 4.78 is 1.81. The zero-order valence-corrected chi connectivity index (χ0v) is 11.4. The Morgan fingerprint density at radius 3 is 2.80 bits per heavy atom. The highest BCUT2D eigenvalue weighted by molar-refractivity contribution is 5.98. The second-order valence-electron chi connectivity index (χ2n) is 4.48. The molecule has 2 aromatic rings. The minimum absolute atomic E-state index is 0.121. The molecule has 0 bridgehead atoms. The SMILES string of the molecule is CCCc1nccn1-c1ccc(C(C)=O)c([N+](=O)[O-])c1. The summed E-state index contributed by atoms with van der Waals surface area (Å²) in [6.45, 7) is 3.36. The Morgan fingerprint density at radius 2 is 2.20 bits per heavy atom. The van der Waals surface area contributed by atoms with Gasteiger partial charge in [-0.1, -0.05) is 6.92 Å². The molecule has 0 fully saturated rings. The molecule has 0 atom stereocenters. The van der Waals surface area contributed by atoms with Gasteiger partial charge in [-0.2, -0.15) is 0 Å². The van der Waals surface area contributed by atoms with Gasteiger partial charge >= 0.3 is 0 Å². The number of Topliss-reactive ketones (excluding diaryl/α,β-unsaturated/α-hetero) is 1. The molecule has 0 amide bonds. The standard InChI is InChI=1S/C14H15N3O3/c1-3-4-14-15-7-8-16(14)11-5-6-12(10(2)18)13(9-11)17(19)20/h5-9H,3-4H2,1-2H3. The Labute approximate surface area is 116 Å². The fraction of sp³-hybridized carbons (Fsp3) is 0.286. The predicted octanol–water partition coefficient (Wildman–Crippen LogP) is 2.94. The molecule has 0 N–H and O–H groups in total. The second kappa shape index (κ2) is 5.64. The summed E-state index contributed by atoms with van der Waals surface area (Å²) in [5.74, 6) is 0.528. The molecule has 0 unspecified atom stereocenters. The molecule has 0 spiro atoms. The van der Waals surface area contributed by atoms with Crippen molar-refractivity contribution in [1.29, 1.82) is 0 Å². The van der Waals surface area contributed by atoms with E-state index in [4.69, 9.17) is 0 Å². The Morgan fingerprint density at radius 1 is 1.45 bits per heavy atom. The molecule has 0 radical (unpaired) electrons. The topological polar surface area (TPSA) is 78.0 Å². The summed E-state index contributed by atoms with van der Waals surface area (Å²) in [4.78, 5) is 26.2.